The fourth-order valence-electron chi connectivity index (χ4n) is 5.84. The third-order valence-electron chi connectivity index (χ3n) is 8.19. The molecule has 0 unspecified atom stereocenters. The van der Waals surface area contributed by atoms with Crippen molar-refractivity contribution in [2.75, 3.05) is 40.1 Å². The van der Waals surface area contributed by atoms with Gasteiger partial charge in [-0.15, -0.1) is 0 Å². The number of amides is 2. The molecule has 15 heteroatoms. The second-order valence-electron chi connectivity index (χ2n) is 11.2. The second kappa shape index (κ2) is 13.3. The molecule has 1 aromatic heterocycles. The van der Waals surface area contributed by atoms with Gasteiger partial charge in [-0.05, 0) is 32.8 Å². The van der Waals surface area contributed by atoms with Gasteiger partial charge in [-0.1, -0.05) is 11.2 Å². The summed E-state index contributed by atoms with van der Waals surface area (Å²) < 4.78 is 49.6. The predicted octanol–water partition coefficient (Wildman–Crippen LogP) is 2.95. The summed E-state index contributed by atoms with van der Waals surface area (Å²) in [7, 11) is 1.51. The zero-order valence-corrected chi connectivity index (χ0v) is 25.1. The molecule has 0 radical (unpaired) electrons. The lowest BCUT2D eigenvalue weighted by Gasteiger charge is -2.42. The van der Waals surface area contributed by atoms with Crippen molar-refractivity contribution in [3.63, 3.8) is 0 Å². The van der Waals surface area contributed by atoms with Crippen LogP contribution in [0.1, 0.15) is 65.6 Å². The van der Waals surface area contributed by atoms with Crippen molar-refractivity contribution < 1.29 is 46.9 Å². The molecule has 4 heterocycles. The van der Waals surface area contributed by atoms with Gasteiger partial charge >= 0.3 is 6.16 Å². The van der Waals surface area contributed by atoms with Gasteiger partial charge < -0.3 is 38.6 Å². The van der Waals surface area contributed by atoms with E-state index in [2.05, 4.69) is 10.5 Å². The standard InChI is InChI=1S/C30H34F2N4O9/c1-17-13-30(45-34-17)7-6-18(2)35-16-23(30)36-15-21(27(38)33-14-19-4-5-20(31)12-22(19)32)25(37)26(24(36)28(35)39)44-29(40)43-11-10-42-9-8-41-3/h4-5,12,15,18,23H,6-11,13-14,16H2,1-3H3,(H,33,38)/t18-,23+,30-/m0/s1. The van der Waals surface area contributed by atoms with Gasteiger partial charge in [-0.2, -0.15) is 0 Å². The quantitative estimate of drug-likeness (QED) is 0.309. The van der Waals surface area contributed by atoms with Gasteiger partial charge in [0, 0.05) is 50.5 Å². The third-order valence-corrected chi connectivity index (χ3v) is 8.19. The van der Waals surface area contributed by atoms with E-state index in [0.29, 0.717) is 31.9 Å². The average Bonchev–Trinajstić information content (AvgIpc) is 3.33. The van der Waals surface area contributed by atoms with E-state index < -0.39 is 58.0 Å². The predicted molar refractivity (Wildman–Crippen MR) is 153 cm³/mol. The lowest BCUT2D eigenvalue weighted by Crippen LogP contribution is -2.52. The number of carbonyl (C=O) groups excluding carboxylic acids is 3. The number of nitrogens with zero attached hydrogens (tertiary/aromatic N) is 3. The number of hydrogen-bond donors (Lipinski definition) is 1. The van der Waals surface area contributed by atoms with Gasteiger partial charge in [0.25, 0.3) is 11.8 Å². The van der Waals surface area contributed by atoms with Crippen molar-refractivity contribution in [1.82, 2.24) is 14.8 Å². The van der Waals surface area contributed by atoms with E-state index in [0.717, 1.165) is 17.8 Å². The summed E-state index contributed by atoms with van der Waals surface area (Å²) in [5.74, 6) is -3.88. The van der Waals surface area contributed by atoms with E-state index in [1.807, 2.05) is 13.8 Å². The van der Waals surface area contributed by atoms with Gasteiger partial charge in [0.2, 0.25) is 11.2 Å². The monoisotopic (exact) mass is 632 g/mol. The number of methoxy groups -OCH3 is 1. The van der Waals surface area contributed by atoms with Gasteiger partial charge in [0.1, 0.15) is 23.8 Å². The lowest BCUT2D eigenvalue weighted by atomic mass is 9.84. The third kappa shape index (κ3) is 6.54. The molecule has 2 aromatic rings. The van der Waals surface area contributed by atoms with Crippen LogP contribution in [0.5, 0.6) is 5.75 Å². The van der Waals surface area contributed by atoms with Crippen molar-refractivity contribution >= 4 is 23.7 Å². The van der Waals surface area contributed by atoms with Crippen molar-refractivity contribution in [3.05, 3.63) is 63.1 Å². The minimum atomic E-state index is -1.29. The number of hydrogen-bond acceptors (Lipinski definition) is 10. The smallest absolute Gasteiger partial charge is 0.432 e. The largest absolute Gasteiger partial charge is 0.514 e. The van der Waals surface area contributed by atoms with E-state index in [1.54, 1.807) is 4.90 Å². The number of nitrogens with one attached hydrogen (secondary N) is 1. The Morgan fingerprint density at radius 1 is 1.18 bits per heavy atom. The number of rotatable bonds is 10. The van der Waals surface area contributed by atoms with Crippen LogP contribution in [0.25, 0.3) is 0 Å². The highest BCUT2D eigenvalue weighted by Crippen LogP contribution is 2.46. The molecule has 3 aliphatic heterocycles. The molecule has 1 fully saturated rings. The maximum Gasteiger partial charge on any atom is 0.514 e. The summed E-state index contributed by atoms with van der Waals surface area (Å²) >= 11 is 0. The van der Waals surface area contributed by atoms with Crippen LogP contribution in [0.3, 0.4) is 0 Å². The summed E-state index contributed by atoms with van der Waals surface area (Å²) in [4.78, 5) is 61.4. The summed E-state index contributed by atoms with van der Waals surface area (Å²) in [6, 6.07) is 2.01. The molecule has 13 nitrogen and oxygen atoms in total. The van der Waals surface area contributed by atoms with E-state index in [-0.39, 0.29) is 50.2 Å². The zero-order valence-electron chi connectivity index (χ0n) is 25.1. The van der Waals surface area contributed by atoms with Gasteiger partial charge in [0.05, 0.1) is 31.6 Å². The maximum absolute atomic E-state index is 14.2. The molecule has 5 rings (SSSR count). The second-order valence-corrected chi connectivity index (χ2v) is 11.2. The van der Waals surface area contributed by atoms with E-state index >= 15 is 0 Å². The molecule has 1 N–H and O–H groups in total. The van der Waals surface area contributed by atoms with E-state index in [9.17, 15) is 28.0 Å². The van der Waals surface area contributed by atoms with Crippen LogP contribution in [0.2, 0.25) is 0 Å². The Labute approximate surface area is 257 Å². The minimum Gasteiger partial charge on any atom is -0.432 e. The van der Waals surface area contributed by atoms with E-state index in [4.69, 9.17) is 23.8 Å². The molecule has 3 aliphatic rings. The molecule has 0 aliphatic carbocycles. The first-order valence-electron chi connectivity index (χ1n) is 14.5. The Hall–Kier alpha value is -4.37. The number of halogens is 2. The molecular weight excluding hydrogens is 598 g/mol. The molecule has 3 atom stereocenters. The summed E-state index contributed by atoms with van der Waals surface area (Å²) in [6.45, 7) is 3.90. The SMILES string of the molecule is COCCOCCOC(=O)Oc1c2n(cc(C(=O)NCc3ccc(F)cc3F)c1=O)[C@@H]1CN(C2=O)[C@@H](C)CC[C@]12CC(C)=NO2. The normalized spacial score (nSPS) is 21.9. The zero-order chi connectivity index (χ0) is 32.3. The van der Waals surface area contributed by atoms with Crippen molar-refractivity contribution in [2.45, 2.75) is 57.3 Å². The average molecular weight is 633 g/mol. The highest BCUT2D eigenvalue weighted by molar-refractivity contribution is 6.00. The molecule has 1 spiro atoms. The lowest BCUT2D eigenvalue weighted by molar-refractivity contribution is -0.0655. The van der Waals surface area contributed by atoms with Gasteiger partial charge in [-0.3, -0.25) is 14.4 Å². The summed E-state index contributed by atoms with van der Waals surface area (Å²) in [5.41, 5.74) is -1.96. The first-order chi connectivity index (χ1) is 21.5. The number of ether oxygens (including phenoxy) is 4. The molecular formula is C30H34F2N4O9. The molecule has 242 valence electrons. The molecule has 0 saturated carbocycles. The van der Waals surface area contributed by atoms with Crippen molar-refractivity contribution in [3.8, 4) is 5.75 Å². The maximum atomic E-state index is 14.2. The van der Waals surface area contributed by atoms with Crippen molar-refractivity contribution in [1.29, 1.82) is 0 Å². The van der Waals surface area contributed by atoms with Crippen molar-refractivity contribution in [2.24, 2.45) is 5.16 Å². The first kappa shape index (κ1) is 32.0. The minimum absolute atomic E-state index is 0.0173. The number of pyridine rings is 1. The molecule has 1 saturated heterocycles. The van der Waals surface area contributed by atoms with Crippen LogP contribution in [0.4, 0.5) is 13.6 Å². The summed E-state index contributed by atoms with van der Waals surface area (Å²) in [6.07, 6.45) is 1.46. The fraction of sp³-hybridized carbons (Fsp3) is 0.500. The van der Waals surface area contributed by atoms with Gasteiger partial charge in [-0.25, -0.2) is 13.6 Å². The molecule has 45 heavy (non-hydrogen) atoms. The Morgan fingerprint density at radius 3 is 2.67 bits per heavy atom. The summed E-state index contributed by atoms with van der Waals surface area (Å²) in [5, 5.41) is 6.63. The van der Waals surface area contributed by atoms with Crippen LogP contribution < -0.4 is 15.5 Å². The number of oxime groups is 1. The molecule has 2 amide bonds. The number of carbonyl (C=O) groups is 3. The van der Waals surface area contributed by atoms with Gasteiger partial charge in [0.15, 0.2) is 11.3 Å². The van der Waals surface area contributed by atoms with Crippen LogP contribution in [0.15, 0.2) is 34.3 Å². The van der Waals surface area contributed by atoms with Crippen LogP contribution in [-0.4, -0.2) is 84.9 Å². The Bertz CT molecular complexity index is 1580. The Balaban J connectivity index is 1.52. The van der Waals surface area contributed by atoms with Crippen LogP contribution in [0, 0.1) is 11.6 Å². The van der Waals surface area contributed by atoms with E-state index in [1.165, 1.54) is 17.9 Å². The van der Waals surface area contributed by atoms with Crippen LogP contribution >= 0.6 is 0 Å². The molecule has 1 aromatic carbocycles. The Kier molecular flexibility index (Phi) is 9.48. The number of benzene rings is 1. The topological polar surface area (TPSA) is 147 Å². The fourth-order valence-corrected chi connectivity index (χ4v) is 5.84. The highest BCUT2D eigenvalue weighted by Gasteiger charge is 2.54. The number of fused-ring (bicyclic) bond motifs is 5. The number of aromatic nitrogens is 1. The first-order valence-corrected chi connectivity index (χ1v) is 14.5. The Morgan fingerprint density at radius 2 is 1.96 bits per heavy atom. The highest BCUT2D eigenvalue weighted by atomic mass is 19.1. The molecule has 2 bridgehead atoms. The van der Waals surface area contributed by atoms with Crippen LogP contribution in [-0.2, 0) is 25.6 Å².